The lowest BCUT2D eigenvalue weighted by atomic mass is 10.0. The molecule has 0 amide bonds. The molecule has 0 aromatic rings. The van der Waals surface area contributed by atoms with Crippen LogP contribution in [-0.2, 0) is 4.79 Å². The highest BCUT2D eigenvalue weighted by Gasteiger charge is 2.10. The predicted octanol–water partition coefficient (Wildman–Crippen LogP) is 1.94. The van der Waals surface area contributed by atoms with Crippen LogP contribution in [0.15, 0.2) is 47.1 Å². The zero-order chi connectivity index (χ0) is 7.68. The Bertz CT molecular complexity index is 314. The number of hydrogen-bond donors (Lipinski definition) is 0. The molecular weight excluding hydrogens is 136 g/mol. The summed E-state index contributed by atoms with van der Waals surface area (Å²) in [4.78, 5) is 10.4. The molecule has 0 aromatic heterocycles. The molecule has 54 valence electrons. The maximum absolute atomic E-state index is 10.4. The molecule has 2 aliphatic rings. The first-order valence-corrected chi connectivity index (χ1v) is 3.66. The molecule has 0 saturated carbocycles. The summed E-state index contributed by atoms with van der Waals surface area (Å²) in [6.07, 6.45) is 12.0. The average Bonchev–Trinajstić information content (AvgIpc) is 2.46. The van der Waals surface area contributed by atoms with Gasteiger partial charge in [-0.1, -0.05) is 18.2 Å². The van der Waals surface area contributed by atoms with E-state index in [1.165, 1.54) is 11.1 Å². The molecule has 2 aliphatic carbocycles. The molecule has 0 heterocycles. The van der Waals surface area contributed by atoms with E-state index >= 15 is 0 Å². The van der Waals surface area contributed by atoms with Gasteiger partial charge in [0.05, 0.1) is 0 Å². The van der Waals surface area contributed by atoms with Gasteiger partial charge >= 0.3 is 0 Å². The summed E-state index contributed by atoms with van der Waals surface area (Å²) in [5, 5.41) is 0. The van der Waals surface area contributed by atoms with Gasteiger partial charge in [0.15, 0.2) is 0 Å². The van der Waals surface area contributed by atoms with Crippen LogP contribution < -0.4 is 0 Å². The van der Waals surface area contributed by atoms with Crippen molar-refractivity contribution < 1.29 is 4.79 Å². The molecule has 0 fully saturated rings. The fourth-order valence-corrected chi connectivity index (χ4v) is 1.35. The Morgan fingerprint density at radius 3 is 2.91 bits per heavy atom. The fraction of sp³-hybridized carbons (Fsp3) is 0.100. The quantitative estimate of drug-likeness (QED) is 0.514. The van der Waals surface area contributed by atoms with E-state index < -0.39 is 0 Å². The molecule has 0 saturated heterocycles. The summed E-state index contributed by atoms with van der Waals surface area (Å²) in [5.74, 6) is 0. The number of carbonyl (C=O) groups excluding carboxylic acids is 1. The van der Waals surface area contributed by atoms with E-state index in [4.69, 9.17) is 0 Å². The van der Waals surface area contributed by atoms with Gasteiger partial charge in [-0.3, -0.25) is 4.79 Å². The van der Waals surface area contributed by atoms with Gasteiger partial charge in [-0.2, -0.15) is 0 Å². The van der Waals surface area contributed by atoms with Crippen molar-refractivity contribution in [1.82, 2.24) is 0 Å². The molecule has 0 radical (unpaired) electrons. The number of hydrogen-bond acceptors (Lipinski definition) is 1. The van der Waals surface area contributed by atoms with Crippen LogP contribution in [0.25, 0.3) is 0 Å². The van der Waals surface area contributed by atoms with Crippen molar-refractivity contribution in [3.63, 3.8) is 0 Å². The van der Waals surface area contributed by atoms with Crippen molar-refractivity contribution in [3.8, 4) is 0 Å². The highest BCUT2D eigenvalue weighted by atomic mass is 16.1. The van der Waals surface area contributed by atoms with Crippen molar-refractivity contribution in [1.29, 1.82) is 0 Å². The summed E-state index contributed by atoms with van der Waals surface area (Å²) in [5.41, 5.74) is 3.13. The van der Waals surface area contributed by atoms with Crippen LogP contribution in [0.5, 0.6) is 0 Å². The second-order valence-electron chi connectivity index (χ2n) is 2.66. The van der Waals surface area contributed by atoms with E-state index in [0.29, 0.717) is 0 Å². The molecule has 11 heavy (non-hydrogen) atoms. The lowest BCUT2D eigenvalue weighted by Crippen LogP contribution is -1.82. The van der Waals surface area contributed by atoms with E-state index in [2.05, 4.69) is 18.2 Å². The normalized spacial score (nSPS) is 20.2. The molecule has 0 aliphatic heterocycles. The van der Waals surface area contributed by atoms with Crippen LogP contribution in [0.3, 0.4) is 0 Å². The monoisotopic (exact) mass is 144 g/mol. The molecule has 1 nitrogen and oxygen atoms in total. The van der Waals surface area contributed by atoms with Crippen LogP contribution in [0.1, 0.15) is 6.42 Å². The number of fused-ring (bicyclic) bond motifs is 1. The molecule has 0 N–H and O–H groups in total. The summed E-state index contributed by atoms with van der Waals surface area (Å²) in [7, 11) is 0. The number of rotatable bonds is 1. The summed E-state index contributed by atoms with van der Waals surface area (Å²) in [6, 6.07) is 0. The van der Waals surface area contributed by atoms with E-state index in [1.54, 1.807) is 0 Å². The Hall–Kier alpha value is -1.37. The maximum Gasteiger partial charge on any atom is 0.150 e. The van der Waals surface area contributed by atoms with E-state index in [1.807, 2.05) is 12.2 Å². The minimum absolute atomic E-state index is 0.776. The van der Waals surface area contributed by atoms with Gasteiger partial charge in [-0.25, -0.2) is 0 Å². The summed E-state index contributed by atoms with van der Waals surface area (Å²) >= 11 is 0. The Balaban J connectivity index is 2.43. The molecule has 0 spiro atoms. The van der Waals surface area contributed by atoms with Crippen molar-refractivity contribution >= 4 is 6.29 Å². The molecule has 0 unspecified atom stereocenters. The second-order valence-corrected chi connectivity index (χ2v) is 2.66. The topological polar surface area (TPSA) is 17.1 Å². The Kier molecular flexibility index (Phi) is 1.35. The van der Waals surface area contributed by atoms with Crippen molar-refractivity contribution in [2.75, 3.05) is 0 Å². The Labute approximate surface area is 65.4 Å². The molecule has 2 rings (SSSR count). The van der Waals surface area contributed by atoms with Crippen LogP contribution >= 0.6 is 0 Å². The van der Waals surface area contributed by atoms with Crippen molar-refractivity contribution in [2.24, 2.45) is 0 Å². The third-order valence-electron chi connectivity index (χ3n) is 1.89. The minimum atomic E-state index is 0.776. The third kappa shape index (κ3) is 0.984. The van der Waals surface area contributed by atoms with Gasteiger partial charge in [0.25, 0.3) is 0 Å². The van der Waals surface area contributed by atoms with Crippen LogP contribution in [0, 0.1) is 0 Å². The standard InChI is InChI=1S/C10H8O/c11-7-8-5-9-3-1-2-4-10(9)6-8/h1,3-7H,2H2. The second kappa shape index (κ2) is 2.35. The van der Waals surface area contributed by atoms with Crippen LogP contribution in [-0.4, -0.2) is 6.29 Å². The van der Waals surface area contributed by atoms with Crippen molar-refractivity contribution in [2.45, 2.75) is 6.42 Å². The molecular formula is C10H8O. The highest BCUT2D eigenvalue weighted by molar-refractivity contribution is 5.83. The summed E-state index contributed by atoms with van der Waals surface area (Å²) in [6.45, 7) is 0. The molecule has 1 heteroatoms. The smallest absolute Gasteiger partial charge is 0.150 e. The largest absolute Gasteiger partial charge is 0.298 e. The Morgan fingerprint density at radius 2 is 2.18 bits per heavy atom. The van der Waals surface area contributed by atoms with Gasteiger partial charge in [0, 0.05) is 5.57 Å². The number of carbonyl (C=O) groups is 1. The first-order valence-electron chi connectivity index (χ1n) is 3.66. The van der Waals surface area contributed by atoms with Gasteiger partial charge in [-0.15, -0.1) is 0 Å². The highest BCUT2D eigenvalue weighted by Crippen LogP contribution is 2.26. The first-order chi connectivity index (χ1) is 5.40. The summed E-state index contributed by atoms with van der Waals surface area (Å²) < 4.78 is 0. The predicted molar refractivity (Wildman–Crippen MR) is 44.1 cm³/mol. The van der Waals surface area contributed by atoms with E-state index in [0.717, 1.165) is 18.3 Å². The lowest BCUT2D eigenvalue weighted by Gasteiger charge is -2.01. The van der Waals surface area contributed by atoms with Gasteiger partial charge < -0.3 is 0 Å². The minimum Gasteiger partial charge on any atom is -0.298 e. The maximum atomic E-state index is 10.4. The van der Waals surface area contributed by atoms with E-state index in [-0.39, 0.29) is 0 Å². The van der Waals surface area contributed by atoms with Gasteiger partial charge in [0.1, 0.15) is 6.29 Å². The van der Waals surface area contributed by atoms with Crippen LogP contribution in [0.4, 0.5) is 0 Å². The molecule has 0 aromatic carbocycles. The molecule has 0 atom stereocenters. The lowest BCUT2D eigenvalue weighted by molar-refractivity contribution is -0.104. The van der Waals surface area contributed by atoms with Crippen LogP contribution in [0.2, 0.25) is 0 Å². The molecule has 0 bridgehead atoms. The third-order valence-corrected chi connectivity index (χ3v) is 1.89. The zero-order valence-corrected chi connectivity index (χ0v) is 6.08. The fourth-order valence-electron chi connectivity index (χ4n) is 1.35. The van der Waals surface area contributed by atoms with Crippen molar-refractivity contribution in [3.05, 3.63) is 47.1 Å². The van der Waals surface area contributed by atoms with Gasteiger partial charge in [0.2, 0.25) is 0 Å². The number of allylic oxidation sites excluding steroid dienone is 8. The SMILES string of the molecule is O=CC1=CC2=CCC=CC2=C1. The van der Waals surface area contributed by atoms with E-state index in [9.17, 15) is 4.79 Å². The first kappa shape index (κ1) is 6.35. The number of aldehydes is 1. The Morgan fingerprint density at radius 1 is 1.27 bits per heavy atom. The zero-order valence-electron chi connectivity index (χ0n) is 6.08. The van der Waals surface area contributed by atoms with Gasteiger partial charge in [-0.05, 0) is 29.7 Å². The average molecular weight is 144 g/mol.